The van der Waals surface area contributed by atoms with Crippen molar-refractivity contribution in [3.05, 3.63) is 0 Å². The van der Waals surface area contributed by atoms with Gasteiger partial charge in [0.1, 0.15) is 0 Å². The summed E-state index contributed by atoms with van der Waals surface area (Å²) in [6.07, 6.45) is 10.0. The van der Waals surface area contributed by atoms with Crippen LogP contribution in [0.15, 0.2) is 0 Å². The van der Waals surface area contributed by atoms with Crippen LogP contribution < -0.4 is 0 Å². The second kappa shape index (κ2) is 7.44. The molecule has 0 heterocycles. The van der Waals surface area contributed by atoms with Crippen molar-refractivity contribution in [2.45, 2.75) is 79.6 Å². The fraction of sp³-hybridized carbons (Fsp3) is 1.00. The van der Waals surface area contributed by atoms with E-state index >= 15 is 0 Å². The summed E-state index contributed by atoms with van der Waals surface area (Å²) in [7, 11) is 0. The van der Waals surface area contributed by atoms with Crippen molar-refractivity contribution < 1.29 is 0 Å². The minimum absolute atomic E-state index is 0.948. The maximum Gasteiger partial charge on any atom is -0.0332 e. The molecule has 0 nitrogen and oxygen atoms in total. The van der Waals surface area contributed by atoms with E-state index < -0.39 is 0 Å². The van der Waals surface area contributed by atoms with Gasteiger partial charge in [-0.2, -0.15) is 0 Å². The zero-order valence-electron chi connectivity index (χ0n) is 12.8. The highest BCUT2D eigenvalue weighted by molar-refractivity contribution is 4.86. The van der Waals surface area contributed by atoms with Crippen LogP contribution in [-0.4, -0.2) is 0 Å². The molecular formula is C17H34. The van der Waals surface area contributed by atoms with Crippen molar-refractivity contribution in [2.75, 3.05) is 0 Å². The maximum absolute atomic E-state index is 2.53. The Bertz CT molecular complexity index is 196. The summed E-state index contributed by atoms with van der Waals surface area (Å²) in [5.41, 5.74) is 0. The molecule has 0 amide bonds. The summed E-state index contributed by atoms with van der Waals surface area (Å²) in [5.74, 6) is 4.88. The van der Waals surface area contributed by atoms with Gasteiger partial charge in [-0.05, 0) is 29.6 Å². The van der Waals surface area contributed by atoms with Crippen molar-refractivity contribution in [3.63, 3.8) is 0 Å². The Morgan fingerprint density at radius 2 is 1.65 bits per heavy atom. The van der Waals surface area contributed by atoms with Gasteiger partial charge in [0.2, 0.25) is 0 Å². The van der Waals surface area contributed by atoms with Crippen molar-refractivity contribution in [1.29, 1.82) is 0 Å². The third-order valence-electron chi connectivity index (χ3n) is 5.35. The normalized spacial score (nSPS) is 35.8. The summed E-state index contributed by atoms with van der Waals surface area (Å²) in [6, 6.07) is 0. The third-order valence-corrected chi connectivity index (χ3v) is 5.35. The molecule has 0 spiro atoms. The lowest BCUT2D eigenvalue weighted by Gasteiger charge is -2.44. The van der Waals surface area contributed by atoms with E-state index in [1.165, 1.54) is 44.9 Å². The Labute approximate surface area is 110 Å². The quantitative estimate of drug-likeness (QED) is 0.504. The molecule has 0 N–H and O–H groups in total. The first-order chi connectivity index (χ1) is 8.11. The van der Waals surface area contributed by atoms with Crippen molar-refractivity contribution in [3.8, 4) is 0 Å². The van der Waals surface area contributed by atoms with Crippen molar-refractivity contribution in [1.82, 2.24) is 0 Å². The van der Waals surface area contributed by atoms with Crippen molar-refractivity contribution in [2.24, 2.45) is 29.6 Å². The Morgan fingerprint density at radius 3 is 2.24 bits per heavy atom. The molecule has 1 fully saturated rings. The van der Waals surface area contributed by atoms with E-state index in [0.29, 0.717) is 0 Å². The monoisotopic (exact) mass is 238 g/mol. The van der Waals surface area contributed by atoms with Gasteiger partial charge in [0.05, 0.1) is 0 Å². The molecule has 17 heavy (non-hydrogen) atoms. The van der Waals surface area contributed by atoms with E-state index in [1.54, 1.807) is 0 Å². The molecule has 0 aliphatic heterocycles. The smallest absolute Gasteiger partial charge is 0.0332 e. The van der Waals surface area contributed by atoms with Gasteiger partial charge in [0.25, 0.3) is 0 Å². The molecular weight excluding hydrogens is 204 g/mol. The fourth-order valence-corrected chi connectivity index (χ4v) is 4.30. The van der Waals surface area contributed by atoms with Gasteiger partial charge < -0.3 is 0 Å². The first-order valence-corrected chi connectivity index (χ1v) is 8.11. The number of rotatable bonds is 6. The van der Waals surface area contributed by atoms with Gasteiger partial charge in [0, 0.05) is 0 Å². The first-order valence-electron chi connectivity index (χ1n) is 8.11. The molecule has 5 unspecified atom stereocenters. The lowest BCUT2D eigenvalue weighted by atomic mass is 9.62. The molecule has 1 aliphatic carbocycles. The molecule has 0 aromatic carbocycles. The predicted molar refractivity (Wildman–Crippen MR) is 78.1 cm³/mol. The number of hydrogen-bond acceptors (Lipinski definition) is 0. The van der Waals surface area contributed by atoms with E-state index in [4.69, 9.17) is 0 Å². The summed E-state index contributed by atoms with van der Waals surface area (Å²) >= 11 is 0. The largest absolute Gasteiger partial charge is 0.0654 e. The van der Waals surface area contributed by atoms with Crippen LogP contribution in [0.5, 0.6) is 0 Å². The van der Waals surface area contributed by atoms with Crippen LogP contribution in [-0.2, 0) is 0 Å². The standard InChI is InChI=1S/C17H34/c1-6-8-9-10-14(4)17-15(5)12-11-13(3)16(17)7-2/h13-17H,6-12H2,1-5H3. The molecule has 102 valence electrons. The van der Waals surface area contributed by atoms with Crippen LogP contribution in [0, 0.1) is 29.6 Å². The molecule has 1 aliphatic rings. The Kier molecular flexibility index (Phi) is 6.59. The zero-order chi connectivity index (χ0) is 12.8. The highest BCUT2D eigenvalue weighted by Gasteiger charge is 2.36. The molecule has 1 rings (SSSR count). The summed E-state index contributed by atoms with van der Waals surface area (Å²) in [6.45, 7) is 12.2. The minimum atomic E-state index is 0.948. The lowest BCUT2D eigenvalue weighted by Crippen LogP contribution is -2.36. The average molecular weight is 238 g/mol. The van der Waals surface area contributed by atoms with Gasteiger partial charge in [-0.1, -0.05) is 79.6 Å². The highest BCUT2D eigenvalue weighted by atomic mass is 14.4. The van der Waals surface area contributed by atoms with Gasteiger partial charge >= 0.3 is 0 Å². The number of hydrogen-bond donors (Lipinski definition) is 0. The second-order valence-corrected chi connectivity index (χ2v) is 6.65. The van der Waals surface area contributed by atoms with E-state index in [2.05, 4.69) is 34.6 Å². The predicted octanol–water partition coefficient (Wildman–Crippen LogP) is 5.91. The Morgan fingerprint density at radius 1 is 1.00 bits per heavy atom. The maximum atomic E-state index is 2.53. The lowest BCUT2D eigenvalue weighted by molar-refractivity contribution is 0.0572. The summed E-state index contributed by atoms with van der Waals surface area (Å²) < 4.78 is 0. The van der Waals surface area contributed by atoms with Crippen LogP contribution >= 0.6 is 0 Å². The molecule has 5 atom stereocenters. The topological polar surface area (TPSA) is 0 Å². The van der Waals surface area contributed by atoms with E-state index in [-0.39, 0.29) is 0 Å². The van der Waals surface area contributed by atoms with Crippen molar-refractivity contribution >= 4 is 0 Å². The van der Waals surface area contributed by atoms with Gasteiger partial charge in [-0.3, -0.25) is 0 Å². The van der Waals surface area contributed by atoms with Gasteiger partial charge in [0.15, 0.2) is 0 Å². The first kappa shape index (κ1) is 15.1. The van der Waals surface area contributed by atoms with Gasteiger partial charge in [-0.25, -0.2) is 0 Å². The Hall–Kier alpha value is 0. The summed E-state index contributed by atoms with van der Waals surface area (Å²) in [5, 5.41) is 0. The van der Waals surface area contributed by atoms with Crippen LogP contribution in [0.3, 0.4) is 0 Å². The van der Waals surface area contributed by atoms with Gasteiger partial charge in [-0.15, -0.1) is 0 Å². The number of unbranched alkanes of at least 4 members (excludes halogenated alkanes) is 2. The van der Waals surface area contributed by atoms with E-state index in [1.807, 2.05) is 0 Å². The second-order valence-electron chi connectivity index (χ2n) is 6.65. The zero-order valence-corrected chi connectivity index (χ0v) is 12.8. The molecule has 0 bridgehead atoms. The van der Waals surface area contributed by atoms with Crippen LogP contribution in [0.1, 0.15) is 79.6 Å². The molecule has 0 heteroatoms. The van der Waals surface area contributed by atoms with Crippen LogP contribution in [0.4, 0.5) is 0 Å². The molecule has 0 aromatic heterocycles. The molecule has 0 saturated heterocycles. The fourth-order valence-electron chi connectivity index (χ4n) is 4.30. The minimum Gasteiger partial charge on any atom is -0.0654 e. The highest BCUT2D eigenvalue weighted by Crippen LogP contribution is 2.45. The molecule has 0 aromatic rings. The van der Waals surface area contributed by atoms with Crippen LogP contribution in [0.2, 0.25) is 0 Å². The molecule has 1 saturated carbocycles. The molecule has 0 radical (unpaired) electrons. The SMILES string of the molecule is CCCCCC(C)C1C(C)CCC(C)C1CC. The van der Waals surface area contributed by atoms with E-state index in [0.717, 1.165) is 29.6 Å². The Balaban J connectivity index is 2.55. The third kappa shape index (κ3) is 4.00. The van der Waals surface area contributed by atoms with E-state index in [9.17, 15) is 0 Å². The average Bonchev–Trinajstić information content (AvgIpc) is 2.31. The van der Waals surface area contributed by atoms with Crippen LogP contribution in [0.25, 0.3) is 0 Å². The summed E-state index contributed by atoms with van der Waals surface area (Å²) in [4.78, 5) is 0.